The third kappa shape index (κ3) is 24.4. The Morgan fingerprint density at radius 1 is 0.314 bits per heavy atom. The summed E-state index contributed by atoms with van der Waals surface area (Å²) in [7, 11) is -8.67. The molecule has 12 N–H and O–H groups in total. The lowest BCUT2D eigenvalue weighted by Crippen LogP contribution is -2.07. The van der Waals surface area contributed by atoms with Crippen LogP contribution < -0.4 is 0 Å². The normalized spacial score (nSPS) is 8.83. The Morgan fingerprint density at radius 3 is 0.600 bits per heavy atom. The summed E-state index contributed by atoms with van der Waals surface area (Å²) in [6.45, 7) is 0. The summed E-state index contributed by atoms with van der Waals surface area (Å²) in [6, 6.07) is 31.6. The standard InChI is InChI=1S/C19H15.4BH3O3/c1-4-10-16(11-5-1)19(17-12-6-2-7-13-17)18-14-8-3-9-15-18;4*2-1(3)4/h1-15H;4*2-4H. The van der Waals surface area contributed by atoms with Gasteiger partial charge in [-0.15, -0.1) is 0 Å². The Morgan fingerprint density at radius 2 is 0.457 bits per heavy atom. The lowest BCUT2D eigenvalue weighted by molar-refractivity contribution is 0.276. The van der Waals surface area contributed by atoms with E-state index >= 15 is 0 Å². The highest BCUT2D eigenvalue weighted by Crippen LogP contribution is 2.30. The lowest BCUT2D eigenvalue weighted by Gasteiger charge is -2.17. The number of hydrogen-bond acceptors (Lipinski definition) is 12. The molecule has 12 nitrogen and oxygen atoms in total. The maximum Gasteiger partial charge on any atom is 0.631 e. The zero-order valence-electron chi connectivity index (χ0n) is 18.3. The second kappa shape index (κ2) is 21.9. The van der Waals surface area contributed by atoms with Gasteiger partial charge in [0.05, 0.1) is 5.92 Å². The van der Waals surface area contributed by atoms with E-state index in [1.54, 1.807) is 0 Å². The monoisotopic (exact) mass is 491 g/mol. The summed E-state index contributed by atoms with van der Waals surface area (Å²) in [5.74, 6) is 1.28. The van der Waals surface area contributed by atoms with Crippen LogP contribution in [0, 0.1) is 5.92 Å². The van der Waals surface area contributed by atoms with Crippen molar-refractivity contribution in [2.45, 2.75) is 0 Å². The van der Waals surface area contributed by atoms with E-state index in [-0.39, 0.29) is 0 Å². The second-order valence-corrected chi connectivity index (χ2v) is 5.86. The highest BCUT2D eigenvalue weighted by molar-refractivity contribution is 6.31. The van der Waals surface area contributed by atoms with Crippen molar-refractivity contribution in [2.75, 3.05) is 0 Å². The average molecular weight is 491 g/mol. The van der Waals surface area contributed by atoms with Crippen LogP contribution in [-0.2, 0) is 0 Å². The highest BCUT2D eigenvalue weighted by atomic mass is 16.5. The Bertz CT molecular complexity index is 702. The van der Waals surface area contributed by atoms with E-state index in [9.17, 15) is 0 Å². The molecule has 0 aliphatic rings. The van der Waals surface area contributed by atoms with E-state index in [4.69, 9.17) is 60.3 Å². The Balaban J connectivity index is 0. The zero-order chi connectivity index (χ0) is 27.2. The van der Waals surface area contributed by atoms with Crippen molar-refractivity contribution in [1.82, 2.24) is 0 Å². The van der Waals surface area contributed by atoms with Gasteiger partial charge in [-0.25, -0.2) is 0 Å². The van der Waals surface area contributed by atoms with Gasteiger partial charge in [-0.2, -0.15) is 0 Å². The van der Waals surface area contributed by atoms with Crippen molar-refractivity contribution in [3.8, 4) is 0 Å². The molecule has 0 unspecified atom stereocenters. The first-order valence-electron chi connectivity index (χ1n) is 9.58. The first-order valence-corrected chi connectivity index (χ1v) is 9.58. The Hall–Kier alpha value is -2.56. The number of benzene rings is 3. The van der Waals surface area contributed by atoms with Crippen LogP contribution >= 0.6 is 0 Å². The molecule has 0 atom stereocenters. The van der Waals surface area contributed by atoms with Crippen molar-refractivity contribution in [2.24, 2.45) is 0 Å². The molecule has 35 heavy (non-hydrogen) atoms. The van der Waals surface area contributed by atoms with Crippen LogP contribution in [0.3, 0.4) is 0 Å². The first kappa shape index (κ1) is 34.6. The largest absolute Gasteiger partial charge is 0.631 e. The van der Waals surface area contributed by atoms with Crippen LogP contribution in [-0.4, -0.2) is 89.6 Å². The minimum atomic E-state index is -2.17. The summed E-state index contributed by atoms with van der Waals surface area (Å²) < 4.78 is 0. The van der Waals surface area contributed by atoms with Gasteiger partial charge >= 0.3 is 29.3 Å². The highest BCUT2D eigenvalue weighted by Gasteiger charge is 2.16. The van der Waals surface area contributed by atoms with Gasteiger partial charge in [-0.3, -0.25) is 0 Å². The molecule has 187 valence electrons. The Labute approximate surface area is 203 Å². The van der Waals surface area contributed by atoms with Crippen molar-refractivity contribution in [1.29, 1.82) is 0 Å². The molecule has 3 aromatic carbocycles. The van der Waals surface area contributed by atoms with Crippen LogP contribution in [0.1, 0.15) is 16.7 Å². The van der Waals surface area contributed by atoms with Crippen molar-refractivity contribution in [3.63, 3.8) is 0 Å². The smallest absolute Gasteiger partial charge is 0.402 e. The maximum absolute atomic E-state index is 7.17. The molecule has 3 rings (SSSR count). The SMILES string of the molecule is OB(O)O.OB(O)O.OB(O)O.OB(O)O.c1ccc([C](c2ccccc2)c2ccccc2)cc1. The molecule has 0 spiro atoms. The molecule has 0 bridgehead atoms. The molecular weight excluding hydrogens is 463 g/mol. The molecule has 0 amide bonds. The van der Waals surface area contributed by atoms with E-state index in [0.29, 0.717) is 0 Å². The number of rotatable bonds is 3. The average Bonchev–Trinajstić information content (AvgIpc) is 2.75. The van der Waals surface area contributed by atoms with Crippen LogP contribution in [0.2, 0.25) is 0 Å². The van der Waals surface area contributed by atoms with Gasteiger partial charge in [-0.05, 0) is 16.7 Å². The van der Waals surface area contributed by atoms with E-state index in [1.807, 2.05) is 0 Å². The third-order valence-corrected chi connectivity index (χ3v) is 3.19. The van der Waals surface area contributed by atoms with Crippen LogP contribution in [0.5, 0.6) is 0 Å². The van der Waals surface area contributed by atoms with Crippen LogP contribution in [0.4, 0.5) is 0 Å². The fourth-order valence-corrected chi connectivity index (χ4v) is 2.31. The Kier molecular flexibility index (Phi) is 21.7. The minimum Gasteiger partial charge on any atom is -0.402 e. The topological polar surface area (TPSA) is 243 Å². The summed E-state index contributed by atoms with van der Waals surface area (Å²) in [5.41, 5.74) is 3.75. The van der Waals surface area contributed by atoms with Crippen molar-refractivity contribution >= 4 is 29.3 Å². The van der Waals surface area contributed by atoms with Gasteiger partial charge in [0.25, 0.3) is 0 Å². The van der Waals surface area contributed by atoms with Crippen molar-refractivity contribution < 1.29 is 60.3 Å². The molecule has 0 aliphatic carbocycles. The predicted octanol–water partition coefficient (Wildman–Crippen LogP) is -3.50. The summed E-state index contributed by atoms with van der Waals surface area (Å²) >= 11 is 0. The van der Waals surface area contributed by atoms with Gasteiger partial charge in [0.2, 0.25) is 0 Å². The van der Waals surface area contributed by atoms with Gasteiger partial charge in [0, 0.05) is 0 Å². The minimum absolute atomic E-state index is 1.25. The van der Waals surface area contributed by atoms with Crippen LogP contribution in [0.25, 0.3) is 0 Å². The molecule has 0 aliphatic heterocycles. The molecule has 0 heterocycles. The summed E-state index contributed by atoms with van der Waals surface area (Å²) in [4.78, 5) is 0. The molecule has 0 fully saturated rings. The molecule has 1 radical (unpaired) electrons. The zero-order valence-corrected chi connectivity index (χ0v) is 18.3. The molecule has 0 saturated heterocycles. The van der Waals surface area contributed by atoms with E-state index < -0.39 is 29.3 Å². The van der Waals surface area contributed by atoms with Gasteiger partial charge in [0.15, 0.2) is 0 Å². The number of hydrogen-bond donors (Lipinski definition) is 12. The summed E-state index contributed by atoms with van der Waals surface area (Å²) in [6.07, 6.45) is 0. The summed E-state index contributed by atoms with van der Waals surface area (Å²) in [5, 5.41) is 86.0. The third-order valence-electron chi connectivity index (χ3n) is 3.19. The van der Waals surface area contributed by atoms with Crippen molar-refractivity contribution in [3.05, 3.63) is 114 Å². The second-order valence-electron chi connectivity index (χ2n) is 5.86. The van der Waals surface area contributed by atoms with Gasteiger partial charge in [-0.1, -0.05) is 91.0 Å². The maximum atomic E-state index is 7.17. The lowest BCUT2D eigenvalue weighted by atomic mass is 9.85. The van der Waals surface area contributed by atoms with Gasteiger partial charge < -0.3 is 60.3 Å². The molecule has 0 aromatic heterocycles. The van der Waals surface area contributed by atoms with Gasteiger partial charge in [0.1, 0.15) is 0 Å². The molecule has 3 aromatic rings. The fraction of sp³-hybridized carbons (Fsp3) is 0. The molecular formula is C19H27B4O12. The first-order chi connectivity index (χ1) is 16.4. The molecule has 16 heteroatoms. The fourth-order valence-electron chi connectivity index (χ4n) is 2.31. The van der Waals surface area contributed by atoms with Crippen LogP contribution in [0.15, 0.2) is 91.0 Å². The quantitative estimate of drug-likeness (QED) is 0.126. The van der Waals surface area contributed by atoms with E-state index in [0.717, 1.165) is 0 Å². The molecule has 0 saturated carbocycles. The van der Waals surface area contributed by atoms with E-state index in [2.05, 4.69) is 91.0 Å². The predicted molar refractivity (Wildman–Crippen MR) is 130 cm³/mol. The van der Waals surface area contributed by atoms with E-state index in [1.165, 1.54) is 22.6 Å².